The number of imide groups is 1. The first-order valence-electron chi connectivity index (χ1n) is 34.8. The molecule has 7 amide bonds. The highest BCUT2D eigenvalue weighted by Gasteiger charge is 2.46. The number of nitrogens with one attached hydrogen (secondary N) is 5. The minimum atomic E-state index is -2.06. The van der Waals surface area contributed by atoms with Crippen molar-refractivity contribution in [2.24, 2.45) is 0 Å². The van der Waals surface area contributed by atoms with Crippen LogP contribution in [0, 0.1) is 12.7 Å². The molecule has 0 saturated heterocycles. The number of fused-ring (bicyclic) bond motifs is 5. The van der Waals surface area contributed by atoms with Crippen molar-refractivity contribution in [2.75, 3.05) is 185 Å². The molecular formula is C69H99FN8O25. The highest BCUT2D eigenvalue weighted by molar-refractivity contribution is 6.13. The number of ether oxygens (including phenoxy) is 14. The highest BCUT2D eigenvalue weighted by atomic mass is 19.1. The van der Waals surface area contributed by atoms with E-state index in [9.17, 15) is 53.4 Å². The van der Waals surface area contributed by atoms with Gasteiger partial charge in [-0.1, -0.05) is 6.92 Å². The summed E-state index contributed by atoms with van der Waals surface area (Å²) >= 11 is 0. The van der Waals surface area contributed by atoms with Crippen LogP contribution in [0.1, 0.15) is 92.3 Å². The maximum atomic E-state index is 15.4. The summed E-state index contributed by atoms with van der Waals surface area (Å²) in [5.41, 5.74) is 1.05. The van der Waals surface area contributed by atoms with Crippen LogP contribution in [0.25, 0.3) is 22.3 Å². The number of halogens is 1. The second kappa shape index (κ2) is 44.4. The van der Waals surface area contributed by atoms with Crippen LogP contribution in [0.2, 0.25) is 0 Å². The van der Waals surface area contributed by atoms with Gasteiger partial charge in [-0.2, -0.15) is 0 Å². The number of aliphatic hydroxyl groups excluding tert-OH is 1. The van der Waals surface area contributed by atoms with Crippen molar-refractivity contribution in [3.05, 3.63) is 73.8 Å². The van der Waals surface area contributed by atoms with E-state index in [-0.39, 0.29) is 95.6 Å². The number of esters is 1. The molecule has 0 fully saturated rings. The summed E-state index contributed by atoms with van der Waals surface area (Å²) in [6.07, 6.45) is 1.35. The Morgan fingerprint density at radius 1 is 0.621 bits per heavy atom. The maximum Gasteiger partial charge on any atom is 0.343 e. The summed E-state index contributed by atoms with van der Waals surface area (Å²) < 4.78 is 93.4. The van der Waals surface area contributed by atoms with Crippen molar-refractivity contribution in [1.82, 2.24) is 41.0 Å². The number of benzene rings is 1. The molecule has 0 radical (unpaired) electrons. The van der Waals surface area contributed by atoms with E-state index < -0.39 is 82.6 Å². The maximum absolute atomic E-state index is 15.4. The second-order valence-electron chi connectivity index (χ2n) is 24.2. The Morgan fingerprint density at radius 2 is 1.13 bits per heavy atom. The lowest BCUT2D eigenvalue weighted by Gasteiger charge is -2.31. The zero-order valence-corrected chi connectivity index (χ0v) is 59.1. The van der Waals surface area contributed by atoms with Crippen molar-refractivity contribution < 1.29 is 119 Å². The van der Waals surface area contributed by atoms with E-state index in [1.807, 2.05) is 0 Å². The first-order chi connectivity index (χ1) is 49.8. The Hall–Kier alpha value is -7.39. The molecule has 103 heavy (non-hydrogen) atoms. The number of carbonyl (C=O) groups excluding carboxylic acids is 8. The van der Waals surface area contributed by atoms with Crippen molar-refractivity contribution in [3.8, 4) is 11.4 Å². The highest BCUT2D eigenvalue weighted by Crippen LogP contribution is 2.46. The molecule has 5 heterocycles. The Labute approximate surface area is 595 Å². The van der Waals surface area contributed by atoms with E-state index in [0.29, 0.717) is 203 Å². The molecule has 572 valence electrons. The van der Waals surface area contributed by atoms with Crippen LogP contribution >= 0.6 is 0 Å². The van der Waals surface area contributed by atoms with Gasteiger partial charge in [-0.3, -0.25) is 43.3 Å². The van der Waals surface area contributed by atoms with Crippen LogP contribution in [-0.2, 0) is 130 Å². The first kappa shape index (κ1) is 82.9. The SMILES string of the molecule is CC[C@@]1(O)C(=O)OCc2c1cc1n(c2=O)Cc2c-1nc1cc(F)c(C)c3c1c2[C@@H](NC(=O)[C@H](O)CCOCNC(=O)[C@H](C)NC(=O)[C@H](C)NC(=O)CCOCCOCCOCCOCCOCCOCCOCCOCCOCCOCCOCCOCCNC(=O)CCN1C(=O)C=CC1=O)CC3. The fraction of sp³-hybridized carbons (Fsp3) is 0.652. The van der Waals surface area contributed by atoms with Gasteiger partial charge in [0.25, 0.3) is 17.4 Å². The number of hydrogen-bond acceptors (Lipinski definition) is 26. The number of aromatic nitrogens is 2. The molecule has 4 aliphatic rings. The fourth-order valence-electron chi connectivity index (χ4n) is 11.3. The monoisotopic (exact) mass is 1460 g/mol. The largest absolute Gasteiger partial charge is 0.458 e. The molecule has 0 spiro atoms. The summed E-state index contributed by atoms with van der Waals surface area (Å²) in [4.78, 5) is 119. The topological polar surface area (TPSA) is 405 Å². The van der Waals surface area contributed by atoms with E-state index >= 15 is 4.39 Å². The van der Waals surface area contributed by atoms with E-state index in [1.165, 1.54) is 36.6 Å². The number of carbonyl (C=O) groups is 8. The van der Waals surface area contributed by atoms with Gasteiger partial charge < -0.3 is 108 Å². The van der Waals surface area contributed by atoms with Gasteiger partial charge in [-0.15, -0.1) is 0 Å². The third-order valence-electron chi connectivity index (χ3n) is 17.0. The molecule has 3 aromatic rings. The van der Waals surface area contributed by atoms with Crippen molar-refractivity contribution in [3.63, 3.8) is 0 Å². The van der Waals surface area contributed by atoms with Crippen LogP contribution in [0.3, 0.4) is 0 Å². The molecule has 2 aromatic heterocycles. The van der Waals surface area contributed by atoms with Crippen LogP contribution in [0.5, 0.6) is 0 Å². The molecule has 0 saturated carbocycles. The summed E-state index contributed by atoms with van der Waals surface area (Å²) in [5.74, 6) is -4.79. The van der Waals surface area contributed by atoms with Crippen molar-refractivity contribution in [1.29, 1.82) is 0 Å². The standard InChI is InChI=1S/C69H99FN8O25/c1-5-69(89)51-40-55-63-49(42-78(55)67(87)50(51)43-103-68(69)88)62-53(7-6-48-45(2)52(70)41-54(75-63)61(48)62)76-66(86)56(79)11-15-102-44-72-64(84)46(3)74-65(85)47(4)73-58(81)12-16-90-18-20-92-22-24-94-26-28-96-30-32-98-34-36-100-38-39-101-37-35-99-33-31-97-29-27-95-25-23-93-21-19-91-17-13-71-57(80)10-14-77-59(82)8-9-60(77)83/h8-9,40-41,46-47,53,56,79,89H,5-7,10-39,42-44H2,1-4H3,(H,71,80)(H,72,84)(H,73,81)(H,74,85)(H,76,86)/t46-,47-,53-,56+,69-/m0/s1. The van der Waals surface area contributed by atoms with Crippen LogP contribution in [0.4, 0.5) is 4.39 Å². The van der Waals surface area contributed by atoms with Crippen LogP contribution in [-0.4, -0.2) is 275 Å². The minimum absolute atomic E-state index is 0.0217. The van der Waals surface area contributed by atoms with Crippen molar-refractivity contribution in [2.45, 2.75) is 109 Å². The minimum Gasteiger partial charge on any atom is -0.458 e. The lowest BCUT2D eigenvalue weighted by Crippen LogP contribution is -2.52. The van der Waals surface area contributed by atoms with E-state index in [2.05, 4.69) is 26.6 Å². The number of pyridine rings is 2. The summed E-state index contributed by atoms with van der Waals surface area (Å²) in [5, 5.41) is 36.2. The van der Waals surface area contributed by atoms with Crippen molar-refractivity contribution >= 4 is 58.2 Å². The summed E-state index contributed by atoms with van der Waals surface area (Å²) in [6.45, 7) is 14.8. The van der Waals surface area contributed by atoms with E-state index in [4.69, 9.17) is 71.3 Å². The zero-order valence-electron chi connectivity index (χ0n) is 59.1. The molecule has 0 unspecified atom stereocenters. The number of amides is 7. The Bertz CT molecular complexity index is 3380. The molecule has 34 heteroatoms. The zero-order chi connectivity index (χ0) is 73.9. The smallest absolute Gasteiger partial charge is 0.343 e. The van der Waals surface area contributed by atoms with Crippen LogP contribution < -0.4 is 32.1 Å². The number of aryl methyl sites for hydroxylation is 1. The molecule has 7 N–H and O–H groups in total. The molecule has 7 rings (SSSR count). The van der Waals surface area contributed by atoms with Gasteiger partial charge in [0.2, 0.25) is 29.5 Å². The quantitative estimate of drug-likeness (QED) is 0.0127. The Kier molecular flexibility index (Phi) is 35.8. The van der Waals surface area contributed by atoms with Gasteiger partial charge in [-0.05, 0) is 62.8 Å². The number of cyclic esters (lactones) is 1. The molecule has 0 bridgehead atoms. The second-order valence-corrected chi connectivity index (χ2v) is 24.2. The predicted octanol–water partition coefficient (Wildman–Crippen LogP) is -0.498. The molecule has 5 atom stereocenters. The van der Waals surface area contributed by atoms with Gasteiger partial charge in [0.15, 0.2) is 5.60 Å². The van der Waals surface area contributed by atoms with Gasteiger partial charge >= 0.3 is 5.97 Å². The van der Waals surface area contributed by atoms with Gasteiger partial charge in [0.05, 0.1) is 200 Å². The molecular weight excluding hydrogens is 1360 g/mol. The third-order valence-corrected chi connectivity index (χ3v) is 17.0. The molecule has 33 nitrogen and oxygen atoms in total. The summed E-state index contributed by atoms with van der Waals surface area (Å²) in [6, 6.07) is 0.196. The fourth-order valence-corrected chi connectivity index (χ4v) is 11.3. The summed E-state index contributed by atoms with van der Waals surface area (Å²) in [7, 11) is 0. The number of nitrogens with zero attached hydrogens (tertiary/aromatic N) is 3. The van der Waals surface area contributed by atoms with Gasteiger partial charge in [-0.25, -0.2) is 14.2 Å². The molecule has 3 aliphatic heterocycles. The lowest BCUT2D eigenvalue weighted by atomic mass is 9.81. The number of rotatable bonds is 54. The van der Waals surface area contributed by atoms with Gasteiger partial charge in [0.1, 0.15) is 37.3 Å². The number of aliphatic hydroxyl groups is 2. The van der Waals surface area contributed by atoms with Gasteiger partial charge in [0, 0.05) is 67.1 Å². The average Bonchev–Trinajstić information content (AvgIpc) is 1.56. The third kappa shape index (κ3) is 25.7. The predicted molar refractivity (Wildman–Crippen MR) is 361 cm³/mol. The van der Waals surface area contributed by atoms with Crippen LogP contribution in [0.15, 0.2) is 29.1 Å². The Morgan fingerprint density at radius 3 is 1.65 bits per heavy atom. The number of hydrogen-bond donors (Lipinski definition) is 7. The molecule has 1 aliphatic carbocycles. The van der Waals surface area contributed by atoms with E-state index in [0.717, 1.165) is 4.90 Å². The normalized spacial score (nSPS) is 16.7. The average molecular weight is 1460 g/mol. The molecule has 1 aromatic carbocycles. The lowest BCUT2D eigenvalue weighted by molar-refractivity contribution is -0.172. The van der Waals surface area contributed by atoms with E-state index in [1.54, 1.807) is 19.9 Å². The first-order valence-corrected chi connectivity index (χ1v) is 34.8. The Balaban J connectivity index is 0.592.